The third-order valence-electron chi connectivity index (χ3n) is 4.10. The number of aryl methyl sites for hydroxylation is 1. The smallest absolute Gasteiger partial charge is 0.223 e. The van der Waals surface area contributed by atoms with Crippen molar-refractivity contribution in [3.63, 3.8) is 0 Å². The molecule has 1 aromatic rings. The number of hydrogen-bond donors (Lipinski definition) is 1. The lowest BCUT2D eigenvalue weighted by atomic mass is 10.00. The van der Waals surface area contributed by atoms with Crippen molar-refractivity contribution in [1.82, 2.24) is 9.88 Å². The van der Waals surface area contributed by atoms with Crippen LogP contribution in [0.25, 0.3) is 0 Å². The molecule has 1 aromatic heterocycles. The molecular weight excluding hydrogens is 238 g/mol. The molecule has 2 unspecified atom stereocenters. The molecule has 2 heterocycles. The van der Waals surface area contributed by atoms with Gasteiger partial charge in [0.1, 0.15) is 0 Å². The Balaban J connectivity index is 1.96. The highest BCUT2D eigenvalue weighted by molar-refractivity contribution is 5.77. The van der Waals surface area contributed by atoms with Crippen molar-refractivity contribution in [1.29, 1.82) is 0 Å². The van der Waals surface area contributed by atoms with Gasteiger partial charge < -0.3 is 10.6 Å². The predicted molar refractivity (Wildman–Crippen MR) is 73.4 cm³/mol. The minimum Gasteiger partial charge on any atom is -0.330 e. The highest BCUT2D eigenvalue weighted by Crippen LogP contribution is 2.38. The Bertz CT molecular complexity index is 467. The largest absolute Gasteiger partial charge is 0.330 e. The third kappa shape index (κ3) is 2.50. The number of nitrogens with zero attached hydrogens (tertiary/aromatic N) is 2. The number of amides is 1. The second kappa shape index (κ2) is 4.93. The van der Waals surface area contributed by atoms with E-state index < -0.39 is 0 Å². The molecule has 2 aliphatic rings. The van der Waals surface area contributed by atoms with Crippen LogP contribution in [-0.4, -0.2) is 27.9 Å². The lowest BCUT2D eigenvalue weighted by Gasteiger charge is -2.33. The average molecular weight is 259 g/mol. The molecule has 0 aromatic carbocycles. The first-order valence-electron chi connectivity index (χ1n) is 7.16. The summed E-state index contributed by atoms with van der Waals surface area (Å²) >= 11 is 0. The van der Waals surface area contributed by atoms with Gasteiger partial charge in [0.2, 0.25) is 5.91 Å². The van der Waals surface area contributed by atoms with Crippen molar-refractivity contribution in [2.24, 2.45) is 5.73 Å². The Hall–Kier alpha value is -1.42. The van der Waals surface area contributed by atoms with Crippen LogP contribution in [0.1, 0.15) is 49.4 Å². The number of carbonyl (C=O) groups excluding carboxylic acids is 1. The fourth-order valence-electron chi connectivity index (χ4n) is 2.94. The molecular formula is C15H21N3O. The van der Waals surface area contributed by atoms with Gasteiger partial charge in [-0.2, -0.15) is 0 Å². The molecule has 1 aliphatic carbocycles. The molecule has 102 valence electrons. The zero-order valence-corrected chi connectivity index (χ0v) is 11.4. The van der Waals surface area contributed by atoms with Crippen LogP contribution < -0.4 is 5.73 Å². The Labute approximate surface area is 114 Å². The summed E-state index contributed by atoms with van der Waals surface area (Å²) in [7, 11) is 0. The maximum atomic E-state index is 12.3. The number of likely N-dealkylation sites (tertiary alicyclic amines) is 1. The minimum atomic E-state index is -0.0388. The van der Waals surface area contributed by atoms with Crippen LogP contribution in [0.4, 0.5) is 0 Å². The van der Waals surface area contributed by atoms with Crippen LogP contribution in [-0.2, 0) is 4.79 Å². The van der Waals surface area contributed by atoms with E-state index in [2.05, 4.69) is 11.1 Å². The summed E-state index contributed by atoms with van der Waals surface area (Å²) in [5.41, 5.74) is 8.41. The Morgan fingerprint density at radius 3 is 2.74 bits per heavy atom. The monoisotopic (exact) mass is 259 g/mol. The topological polar surface area (TPSA) is 59.2 Å². The molecule has 4 heteroatoms. The van der Waals surface area contributed by atoms with Crippen LogP contribution in [0, 0.1) is 6.92 Å². The lowest BCUT2D eigenvalue weighted by Crippen LogP contribution is -2.43. The van der Waals surface area contributed by atoms with Crippen molar-refractivity contribution in [3.05, 3.63) is 29.6 Å². The SMILES string of the molecule is Cc1ccc(C2C(N)CCCC(=O)N2C2CC2)nc1. The summed E-state index contributed by atoms with van der Waals surface area (Å²) < 4.78 is 0. The zero-order valence-electron chi connectivity index (χ0n) is 11.4. The second-order valence-electron chi connectivity index (χ2n) is 5.79. The van der Waals surface area contributed by atoms with Crippen LogP contribution in [0.2, 0.25) is 0 Å². The van der Waals surface area contributed by atoms with Crippen molar-refractivity contribution in [3.8, 4) is 0 Å². The number of nitrogens with two attached hydrogens (primary N) is 1. The van der Waals surface area contributed by atoms with Crippen molar-refractivity contribution < 1.29 is 4.79 Å². The molecule has 1 amide bonds. The van der Waals surface area contributed by atoms with Gasteiger partial charge in [-0.3, -0.25) is 9.78 Å². The quantitative estimate of drug-likeness (QED) is 0.883. The first-order valence-corrected chi connectivity index (χ1v) is 7.16. The number of pyridine rings is 1. The molecule has 0 spiro atoms. The number of hydrogen-bond acceptors (Lipinski definition) is 3. The van der Waals surface area contributed by atoms with Gasteiger partial charge in [0.15, 0.2) is 0 Å². The third-order valence-corrected chi connectivity index (χ3v) is 4.10. The lowest BCUT2D eigenvalue weighted by molar-refractivity contribution is -0.134. The summed E-state index contributed by atoms with van der Waals surface area (Å²) in [6.07, 6.45) is 6.51. The number of carbonyl (C=O) groups is 1. The van der Waals surface area contributed by atoms with E-state index in [0.717, 1.165) is 36.9 Å². The number of aromatic nitrogens is 1. The van der Waals surface area contributed by atoms with E-state index in [1.807, 2.05) is 24.1 Å². The predicted octanol–water partition coefficient (Wildman–Crippen LogP) is 1.93. The van der Waals surface area contributed by atoms with Crippen LogP contribution >= 0.6 is 0 Å². The standard InChI is InChI=1S/C15H21N3O/c1-10-5-8-13(17-9-10)15-12(16)3-2-4-14(19)18(15)11-6-7-11/h5,8-9,11-12,15H,2-4,6-7,16H2,1H3. The van der Waals surface area contributed by atoms with Gasteiger partial charge in [-0.1, -0.05) is 6.07 Å². The summed E-state index contributed by atoms with van der Waals surface area (Å²) in [4.78, 5) is 18.9. The molecule has 2 fully saturated rings. The molecule has 2 atom stereocenters. The van der Waals surface area contributed by atoms with E-state index in [-0.39, 0.29) is 18.0 Å². The molecule has 2 N–H and O–H groups in total. The first-order chi connectivity index (χ1) is 9.16. The average Bonchev–Trinajstić information content (AvgIpc) is 3.20. The zero-order chi connectivity index (χ0) is 13.4. The highest BCUT2D eigenvalue weighted by Gasteiger charge is 2.42. The Morgan fingerprint density at radius 2 is 2.11 bits per heavy atom. The van der Waals surface area contributed by atoms with E-state index in [0.29, 0.717) is 12.5 Å². The Morgan fingerprint density at radius 1 is 1.32 bits per heavy atom. The second-order valence-corrected chi connectivity index (χ2v) is 5.79. The van der Waals surface area contributed by atoms with Crippen molar-refractivity contribution in [2.45, 2.75) is 57.2 Å². The van der Waals surface area contributed by atoms with Gasteiger partial charge in [0, 0.05) is 24.7 Å². The van der Waals surface area contributed by atoms with Gasteiger partial charge in [-0.25, -0.2) is 0 Å². The molecule has 0 bridgehead atoms. The van der Waals surface area contributed by atoms with Gasteiger partial charge in [-0.05, 0) is 44.2 Å². The van der Waals surface area contributed by atoms with Crippen molar-refractivity contribution >= 4 is 5.91 Å². The van der Waals surface area contributed by atoms with E-state index in [9.17, 15) is 4.79 Å². The molecule has 3 rings (SSSR count). The van der Waals surface area contributed by atoms with E-state index in [1.165, 1.54) is 0 Å². The fraction of sp³-hybridized carbons (Fsp3) is 0.600. The molecule has 4 nitrogen and oxygen atoms in total. The molecule has 0 radical (unpaired) electrons. The molecule has 1 saturated heterocycles. The molecule has 1 aliphatic heterocycles. The maximum Gasteiger partial charge on any atom is 0.223 e. The van der Waals surface area contributed by atoms with Gasteiger partial charge >= 0.3 is 0 Å². The van der Waals surface area contributed by atoms with Gasteiger partial charge in [0.25, 0.3) is 0 Å². The minimum absolute atomic E-state index is 0.00209. The maximum absolute atomic E-state index is 12.3. The summed E-state index contributed by atoms with van der Waals surface area (Å²) in [5, 5.41) is 0. The fourth-order valence-corrected chi connectivity index (χ4v) is 2.94. The molecule has 1 saturated carbocycles. The normalized spacial score (nSPS) is 28.3. The molecule has 19 heavy (non-hydrogen) atoms. The number of rotatable bonds is 2. The van der Waals surface area contributed by atoms with E-state index >= 15 is 0 Å². The van der Waals surface area contributed by atoms with Crippen LogP contribution in [0.3, 0.4) is 0 Å². The van der Waals surface area contributed by atoms with Gasteiger partial charge in [0.05, 0.1) is 11.7 Å². The van der Waals surface area contributed by atoms with Crippen LogP contribution in [0.5, 0.6) is 0 Å². The first kappa shape index (κ1) is 12.6. The highest BCUT2D eigenvalue weighted by atomic mass is 16.2. The van der Waals surface area contributed by atoms with Crippen LogP contribution in [0.15, 0.2) is 18.3 Å². The summed E-state index contributed by atoms with van der Waals surface area (Å²) in [6, 6.07) is 4.43. The van der Waals surface area contributed by atoms with Gasteiger partial charge in [-0.15, -0.1) is 0 Å². The van der Waals surface area contributed by atoms with E-state index in [4.69, 9.17) is 5.73 Å². The van der Waals surface area contributed by atoms with E-state index in [1.54, 1.807) is 0 Å². The van der Waals surface area contributed by atoms with Crippen molar-refractivity contribution in [2.75, 3.05) is 0 Å². The summed E-state index contributed by atoms with van der Waals surface area (Å²) in [5.74, 6) is 0.253. The Kier molecular flexibility index (Phi) is 3.27. The summed E-state index contributed by atoms with van der Waals surface area (Å²) in [6.45, 7) is 2.02.